The van der Waals surface area contributed by atoms with E-state index in [1.54, 1.807) is 25.3 Å². The monoisotopic (exact) mass is 460 g/mol. The fourth-order valence-electron chi connectivity index (χ4n) is 2.81. The van der Waals surface area contributed by atoms with E-state index in [1.807, 2.05) is 0 Å². The van der Waals surface area contributed by atoms with Gasteiger partial charge in [-0.25, -0.2) is 14.3 Å². The van der Waals surface area contributed by atoms with Crippen LogP contribution in [0.4, 0.5) is 0 Å². The summed E-state index contributed by atoms with van der Waals surface area (Å²) in [6.45, 7) is -0.159. The summed E-state index contributed by atoms with van der Waals surface area (Å²) in [4.78, 5) is 50.8. The van der Waals surface area contributed by atoms with Crippen LogP contribution < -0.4 is 84.7 Å². The van der Waals surface area contributed by atoms with Crippen molar-refractivity contribution in [2.24, 2.45) is 14.1 Å². The molecule has 31 heavy (non-hydrogen) atoms. The van der Waals surface area contributed by atoms with E-state index in [0.29, 0.717) is 11.4 Å². The van der Waals surface area contributed by atoms with Crippen LogP contribution in [0.15, 0.2) is 33.9 Å². The van der Waals surface area contributed by atoms with Crippen LogP contribution in [0.5, 0.6) is 5.75 Å². The van der Waals surface area contributed by atoms with Crippen LogP contribution in [-0.4, -0.2) is 18.7 Å². The summed E-state index contributed by atoms with van der Waals surface area (Å²) < 4.78 is 18.8. The van der Waals surface area contributed by atoms with Crippen molar-refractivity contribution in [2.45, 2.75) is 6.54 Å². The van der Waals surface area contributed by atoms with Gasteiger partial charge in [0.15, 0.2) is 11.2 Å². The van der Waals surface area contributed by atoms with E-state index >= 15 is 0 Å². The molecule has 1 aromatic carbocycles. The van der Waals surface area contributed by atoms with Gasteiger partial charge in [-0.1, -0.05) is 24.1 Å². The third-order valence-electron chi connectivity index (χ3n) is 4.14. The molecular weight excluding hydrogens is 445 g/mol. The third kappa shape index (κ3) is 6.11. The van der Waals surface area contributed by atoms with Crippen molar-refractivity contribution in [1.82, 2.24) is 18.7 Å². The van der Waals surface area contributed by atoms with Crippen molar-refractivity contribution in [2.75, 3.05) is 0 Å². The number of hydrogen-bond donors (Lipinski definition) is 0. The van der Waals surface area contributed by atoms with Gasteiger partial charge in [0, 0.05) is 14.1 Å². The van der Waals surface area contributed by atoms with Crippen LogP contribution in [0.25, 0.3) is 23.3 Å². The van der Waals surface area contributed by atoms with Crippen molar-refractivity contribution in [3.05, 3.63) is 56.5 Å². The molecule has 10 nitrogen and oxygen atoms in total. The zero-order chi connectivity index (χ0) is 21.3. The Labute approximate surface area is 221 Å². The van der Waals surface area contributed by atoms with E-state index in [-0.39, 0.29) is 82.6 Å². The van der Waals surface area contributed by atoms with Crippen LogP contribution in [0.1, 0.15) is 11.4 Å². The van der Waals surface area contributed by atoms with E-state index < -0.39 is 19.1 Å². The number of phosphoric ester groups is 1. The van der Waals surface area contributed by atoms with Gasteiger partial charge in [-0.05, 0) is 23.8 Å². The average Bonchev–Trinajstić information content (AvgIpc) is 2.97. The Morgan fingerprint density at radius 1 is 1.19 bits per heavy atom. The van der Waals surface area contributed by atoms with E-state index in [4.69, 9.17) is 6.42 Å². The molecule has 0 spiro atoms. The molecular formula is C18H15N4Na2O6P. The molecule has 0 radical (unpaired) electrons. The van der Waals surface area contributed by atoms with E-state index in [9.17, 15) is 23.9 Å². The van der Waals surface area contributed by atoms with Crippen molar-refractivity contribution < 1.29 is 78.0 Å². The number of nitrogens with zero attached hydrogens (tertiary/aromatic N) is 4. The molecule has 0 atom stereocenters. The molecule has 150 valence electrons. The molecule has 0 aliphatic carbocycles. The summed E-state index contributed by atoms with van der Waals surface area (Å²) in [6, 6.07) is 5.86. The number of imidazole rings is 1. The summed E-state index contributed by atoms with van der Waals surface area (Å²) in [6.07, 6.45) is 8.40. The van der Waals surface area contributed by atoms with Crippen molar-refractivity contribution >= 4 is 31.1 Å². The smallest absolute Gasteiger partial charge is 0.780 e. The molecule has 0 unspecified atom stereocenters. The van der Waals surface area contributed by atoms with Gasteiger partial charge in [-0.15, -0.1) is 6.42 Å². The quantitative estimate of drug-likeness (QED) is 0.210. The maximum atomic E-state index is 12.6. The maximum Gasteiger partial charge on any atom is 1.00 e. The van der Waals surface area contributed by atoms with Gasteiger partial charge in [0.2, 0.25) is 0 Å². The summed E-state index contributed by atoms with van der Waals surface area (Å²) in [7, 11) is -2.06. The van der Waals surface area contributed by atoms with Gasteiger partial charge in [0.05, 0.1) is 6.54 Å². The van der Waals surface area contributed by atoms with Crippen LogP contribution in [-0.2, 0) is 25.2 Å². The first kappa shape index (κ1) is 27.7. The Balaban J connectivity index is 0.00000240. The topological polar surface area (TPSA) is 134 Å². The van der Waals surface area contributed by atoms with Crippen LogP contribution in [0.2, 0.25) is 0 Å². The van der Waals surface area contributed by atoms with Gasteiger partial charge in [-0.2, -0.15) is 0 Å². The fraction of sp³-hybridized carbons (Fsp3) is 0.167. The Bertz CT molecular complexity index is 1350. The standard InChI is InChI=1S/C18H17N4O6P.2Na/c1-4-10-22-17(23)15-16(21(3)18(22)24)19-14(20(15)2)9-8-12-6-5-7-13(11-12)28-29(25,26)27;;/h1,5-9,11H,10H2,2-3H3,(H2,25,26,27);;/q;2*+1/p-2/b9-8+;;. The van der Waals surface area contributed by atoms with Crippen molar-refractivity contribution in [3.63, 3.8) is 0 Å². The van der Waals surface area contributed by atoms with Crippen LogP contribution in [0.3, 0.4) is 0 Å². The Morgan fingerprint density at radius 2 is 1.87 bits per heavy atom. The Kier molecular flexibility index (Phi) is 9.78. The molecule has 0 fully saturated rings. The molecule has 0 aliphatic heterocycles. The molecule has 0 aliphatic rings. The molecule has 3 aromatic rings. The Hall–Kier alpha value is -1.38. The number of hydrogen-bond acceptors (Lipinski definition) is 7. The zero-order valence-electron chi connectivity index (χ0n) is 17.4. The first-order chi connectivity index (χ1) is 13.6. The van der Waals surface area contributed by atoms with E-state index in [0.717, 1.165) is 4.57 Å². The Morgan fingerprint density at radius 3 is 2.48 bits per heavy atom. The molecule has 0 saturated heterocycles. The molecule has 2 aromatic heterocycles. The van der Waals surface area contributed by atoms with Gasteiger partial charge in [0.1, 0.15) is 19.4 Å². The van der Waals surface area contributed by atoms with Crippen LogP contribution >= 0.6 is 7.82 Å². The van der Waals surface area contributed by atoms with Gasteiger partial charge in [0.25, 0.3) is 5.56 Å². The summed E-state index contributed by atoms with van der Waals surface area (Å²) in [5.41, 5.74) is -0.183. The fourth-order valence-corrected chi connectivity index (χ4v) is 3.19. The second kappa shape index (κ2) is 11.0. The summed E-state index contributed by atoms with van der Waals surface area (Å²) in [5.74, 6) is 2.53. The number of phosphoric acid groups is 1. The predicted molar refractivity (Wildman–Crippen MR) is 103 cm³/mol. The molecule has 13 heteroatoms. The predicted octanol–water partition coefficient (Wildman–Crippen LogP) is -6.55. The largest absolute Gasteiger partial charge is 1.00 e. The third-order valence-corrected chi connectivity index (χ3v) is 4.58. The molecule has 0 N–H and O–H groups in total. The SMILES string of the molecule is C#CCn1c(=O)c2c(nc(/C=C/c3cccc(OP(=O)([O-])[O-])c3)n2C)n(C)c1=O.[Na+].[Na+]. The molecule has 3 rings (SSSR count). The van der Waals surface area contributed by atoms with Crippen molar-refractivity contribution in [1.29, 1.82) is 0 Å². The van der Waals surface area contributed by atoms with E-state index in [1.165, 1.54) is 34.4 Å². The minimum absolute atomic E-state index is 0. The first-order valence-corrected chi connectivity index (χ1v) is 9.68. The molecule has 0 amide bonds. The second-order valence-corrected chi connectivity index (χ2v) is 7.16. The van der Waals surface area contributed by atoms with Gasteiger partial charge < -0.3 is 23.4 Å². The molecule has 0 saturated carbocycles. The zero-order valence-corrected chi connectivity index (χ0v) is 22.3. The minimum atomic E-state index is -5.16. The minimum Gasteiger partial charge on any atom is -0.780 e. The number of aromatic nitrogens is 4. The second-order valence-electron chi connectivity index (χ2n) is 6.08. The number of fused-ring (bicyclic) bond motifs is 1. The van der Waals surface area contributed by atoms with Crippen LogP contribution in [0, 0.1) is 12.3 Å². The average molecular weight is 460 g/mol. The molecule has 2 heterocycles. The number of aryl methyl sites for hydroxylation is 2. The number of benzene rings is 1. The molecule has 0 bridgehead atoms. The van der Waals surface area contributed by atoms with E-state index in [2.05, 4.69) is 15.4 Å². The number of terminal acetylenes is 1. The summed E-state index contributed by atoms with van der Waals surface area (Å²) >= 11 is 0. The first-order valence-electron chi connectivity index (χ1n) is 8.22. The maximum absolute atomic E-state index is 12.6. The van der Waals surface area contributed by atoms with Crippen molar-refractivity contribution in [3.8, 4) is 18.1 Å². The van der Waals surface area contributed by atoms with Gasteiger partial charge in [-0.3, -0.25) is 9.36 Å². The van der Waals surface area contributed by atoms with Gasteiger partial charge >= 0.3 is 64.8 Å². The summed E-state index contributed by atoms with van der Waals surface area (Å²) in [5, 5.41) is 0. The number of rotatable bonds is 5. The normalized spacial score (nSPS) is 11.1.